The summed E-state index contributed by atoms with van der Waals surface area (Å²) in [4.78, 5) is 21.5. The molecule has 0 aliphatic carbocycles. The van der Waals surface area contributed by atoms with Gasteiger partial charge in [0.05, 0.1) is 6.26 Å². The van der Waals surface area contributed by atoms with E-state index in [-0.39, 0.29) is 17.7 Å². The van der Waals surface area contributed by atoms with Crippen molar-refractivity contribution in [3.63, 3.8) is 0 Å². The zero-order valence-corrected chi connectivity index (χ0v) is 18.1. The van der Waals surface area contributed by atoms with Crippen LogP contribution in [0.1, 0.15) is 29.0 Å². The Morgan fingerprint density at radius 1 is 1.20 bits per heavy atom. The van der Waals surface area contributed by atoms with Gasteiger partial charge in [0.2, 0.25) is 10.0 Å². The average molecular weight is 447 g/mol. The maximum absolute atomic E-state index is 13.0. The third-order valence-electron chi connectivity index (χ3n) is 5.05. The number of amides is 1. The minimum absolute atomic E-state index is 0.0957. The number of furan rings is 1. The second kappa shape index (κ2) is 8.75. The van der Waals surface area contributed by atoms with Crippen molar-refractivity contribution < 1.29 is 17.6 Å². The molecule has 0 bridgehead atoms. The minimum Gasteiger partial charge on any atom is -0.451 e. The Kier molecular flexibility index (Phi) is 6.07. The van der Waals surface area contributed by atoms with E-state index in [4.69, 9.17) is 4.42 Å². The molecule has 1 aromatic carbocycles. The number of para-hydroxylation sites is 1. The first-order valence-corrected chi connectivity index (χ1v) is 12.4. The van der Waals surface area contributed by atoms with E-state index in [0.29, 0.717) is 42.4 Å². The van der Waals surface area contributed by atoms with Crippen molar-refractivity contribution >= 4 is 38.7 Å². The molecule has 158 valence electrons. The SMILES string of the molecule is CS(=O)(=O)N1CCC(NC(=O)c2oc3ccccc3c2CSc2ncccn2)CC1. The van der Waals surface area contributed by atoms with E-state index in [0.717, 1.165) is 10.9 Å². The fourth-order valence-electron chi connectivity index (χ4n) is 3.50. The normalized spacial score (nSPS) is 16.0. The number of nitrogens with one attached hydrogen (secondary N) is 1. The predicted molar refractivity (Wildman–Crippen MR) is 115 cm³/mol. The van der Waals surface area contributed by atoms with Crippen molar-refractivity contribution in [2.75, 3.05) is 19.3 Å². The molecule has 1 aliphatic rings. The second-order valence-electron chi connectivity index (χ2n) is 7.14. The van der Waals surface area contributed by atoms with Crippen molar-refractivity contribution in [3.05, 3.63) is 54.0 Å². The van der Waals surface area contributed by atoms with Crippen LogP contribution < -0.4 is 5.32 Å². The number of benzene rings is 1. The Bertz CT molecular complexity index is 1140. The molecule has 2 aromatic heterocycles. The first-order chi connectivity index (χ1) is 14.4. The summed E-state index contributed by atoms with van der Waals surface area (Å²) in [6.45, 7) is 0.802. The minimum atomic E-state index is -3.20. The summed E-state index contributed by atoms with van der Waals surface area (Å²) in [6, 6.07) is 9.21. The van der Waals surface area contributed by atoms with Crippen molar-refractivity contribution in [2.45, 2.75) is 29.8 Å². The Hall–Kier alpha value is -2.43. The molecule has 1 amide bonds. The highest BCUT2D eigenvalue weighted by molar-refractivity contribution is 7.98. The van der Waals surface area contributed by atoms with Crippen LogP contribution in [0.25, 0.3) is 11.0 Å². The van der Waals surface area contributed by atoms with Crippen LogP contribution in [0.4, 0.5) is 0 Å². The topological polar surface area (TPSA) is 105 Å². The Morgan fingerprint density at radius 3 is 2.60 bits per heavy atom. The number of hydrogen-bond donors (Lipinski definition) is 1. The molecule has 0 radical (unpaired) electrons. The molecular weight excluding hydrogens is 424 g/mol. The molecular formula is C20H22N4O4S2. The van der Waals surface area contributed by atoms with Gasteiger partial charge < -0.3 is 9.73 Å². The summed E-state index contributed by atoms with van der Waals surface area (Å²) >= 11 is 1.44. The maximum atomic E-state index is 13.0. The molecule has 1 aliphatic heterocycles. The van der Waals surface area contributed by atoms with Gasteiger partial charge in [-0.1, -0.05) is 30.0 Å². The van der Waals surface area contributed by atoms with Crippen LogP contribution in [-0.2, 0) is 15.8 Å². The summed E-state index contributed by atoms with van der Waals surface area (Å²) in [5.41, 5.74) is 1.45. The van der Waals surface area contributed by atoms with E-state index in [1.807, 2.05) is 24.3 Å². The van der Waals surface area contributed by atoms with Gasteiger partial charge in [0.25, 0.3) is 5.91 Å². The van der Waals surface area contributed by atoms with Crippen molar-refractivity contribution in [3.8, 4) is 0 Å². The van der Waals surface area contributed by atoms with E-state index < -0.39 is 10.0 Å². The standard InChI is InChI=1S/C20H22N4O4S2/c1-30(26,27)24-11-7-14(8-12-24)23-19(25)18-16(13-29-20-21-9-4-10-22-20)15-5-2-3-6-17(15)28-18/h2-6,9-10,14H,7-8,11-13H2,1H3,(H,23,25). The van der Waals surface area contributed by atoms with Crippen LogP contribution >= 0.6 is 11.8 Å². The monoisotopic (exact) mass is 446 g/mol. The van der Waals surface area contributed by atoms with Crippen LogP contribution in [0, 0.1) is 0 Å². The first-order valence-electron chi connectivity index (χ1n) is 9.58. The lowest BCUT2D eigenvalue weighted by Gasteiger charge is -2.30. The van der Waals surface area contributed by atoms with E-state index in [9.17, 15) is 13.2 Å². The highest BCUT2D eigenvalue weighted by atomic mass is 32.2. The number of nitrogens with zero attached hydrogens (tertiary/aromatic N) is 3. The van der Waals surface area contributed by atoms with Crippen molar-refractivity contribution in [1.82, 2.24) is 19.6 Å². The highest BCUT2D eigenvalue weighted by Gasteiger charge is 2.28. The molecule has 0 atom stereocenters. The van der Waals surface area contributed by atoms with Gasteiger partial charge in [0.15, 0.2) is 10.9 Å². The molecule has 10 heteroatoms. The zero-order valence-electron chi connectivity index (χ0n) is 16.4. The number of aromatic nitrogens is 2. The lowest BCUT2D eigenvalue weighted by molar-refractivity contribution is 0.0897. The fraction of sp³-hybridized carbons (Fsp3) is 0.350. The van der Waals surface area contributed by atoms with Crippen LogP contribution in [0.5, 0.6) is 0 Å². The maximum Gasteiger partial charge on any atom is 0.287 e. The van der Waals surface area contributed by atoms with Crippen molar-refractivity contribution in [1.29, 1.82) is 0 Å². The third-order valence-corrected chi connectivity index (χ3v) is 7.26. The Balaban J connectivity index is 1.51. The van der Waals surface area contributed by atoms with Gasteiger partial charge in [0, 0.05) is 48.2 Å². The molecule has 0 unspecified atom stereocenters. The number of hydrogen-bond acceptors (Lipinski definition) is 7. The summed E-state index contributed by atoms with van der Waals surface area (Å²) in [7, 11) is -3.20. The molecule has 3 aromatic rings. The first kappa shape index (κ1) is 20.8. The molecule has 1 N–H and O–H groups in total. The molecule has 0 saturated carbocycles. The smallest absolute Gasteiger partial charge is 0.287 e. The third kappa shape index (κ3) is 4.66. The average Bonchev–Trinajstić information content (AvgIpc) is 3.11. The van der Waals surface area contributed by atoms with Gasteiger partial charge in [-0.3, -0.25) is 4.79 Å². The van der Waals surface area contributed by atoms with Gasteiger partial charge in [0.1, 0.15) is 5.58 Å². The van der Waals surface area contributed by atoms with E-state index >= 15 is 0 Å². The number of carbonyl (C=O) groups excluding carboxylic acids is 1. The number of rotatable bonds is 6. The number of thioether (sulfide) groups is 1. The largest absolute Gasteiger partial charge is 0.451 e. The van der Waals surface area contributed by atoms with Gasteiger partial charge in [-0.25, -0.2) is 22.7 Å². The number of sulfonamides is 1. The van der Waals surface area contributed by atoms with Crippen LogP contribution in [0.2, 0.25) is 0 Å². The Labute approximate surface area is 179 Å². The number of carbonyl (C=O) groups is 1. The number of fused-ring (bicyclic) bond motifs is 1. The number of piperidine rings is 1. The van der Waals surface area contributed by atoms with Crippen LogP contribution in [0.15, 0.2) is 52.3 Å². The van der Waals surface area contributed by atoms with Crippen LogP contribution in [0.3, 0.4) is 0 Å². The second-order valence-corrected chi connectivity index (χ2v) is 10.1. The van der Waals surface area contributed by atoms with Crippen LogP contribution in [-0.4, -0.2) is 54.0 Å². The van der Waals surface area contributed by atoms with Gasteiger partial charge in [-0.15, -0.1) is 0 Å². The molecule has 3 heterocycles. The summed E-state index contributed by atoms with van der Waals surface area (Å²) in [5.74, 6) is 0.495. The lowest BCUT2D eigenvalue weighted by atomic mass is 10.1. The van der Waals surface area contributed by atoms with Gasteiger partial charge >= 0.3 is 0 Å². The van der Waals surface area contributed by atoms with E-state index in [1.165, 1.54) is 22.3 Å². The molecule has 8 nitrogen and oxygen atoms in total. The van der Waals surface area contributed by atoms with Crippen molar-refractivity contribution in [2.24, 2.45) is 0 Å². The molecule has 4 rings (SSSR count). The Morgan fingerprint density at radius 2 is 1.90 bits per heavy atom. The molecule has 1 saturated heterocycles. The zero-order chi connectivity index (χ0) is 21.1. The van der Waals surface area contributed by atoms with Gasteiger partial charge in [-0.05, 0) is 25.0 Å². The summed E-state index contributed by atoms with van der Waals surface area (Å²) < 4.78 is 30.7. The molecule has 0 spiro atoms. The molecule has 1 fully saturated rings. The lowest BCUT2D eigenvalue weighted by Crippen LogP contribution is -2.46. The summed E-state index contributed by atoms with van der Waals surface area (Å²) in [5, 5.41) is 4.53. The predicted octanol–water partition coefficient (Wildman–Crippen LogP) is 2.67. The fourth-order valence-corrected chi connectivity index (χ4v) is 5.21. The van der Waals surface area contributed by atoms with E-state index in [1.54, 1.807) is 18.5 Å². The summed E-state index contributed by atoms with van der Waals surface area (Å²) in [6.07, 6.45) is 5.71. The quantitative estimate of drug-likeness (QED) is 0.458. The molecule has 30 heavy (non-hydrogen) atoms. The van der Waals surface area contributed by atoms with Gasteiger partial charge in [-0.2, -0.15) is 0 Å². The van der Waals surface area contributed by atoms with E-state index in [2.05, 4.69) is 15.3 Å². The highest BCUT2D eigenvalue weighted by Crippen LogP contribution is 2.31.